The molecule has 1 unspecified atom stereocenters. The van der Waals surface area contributed by atoms with Gasteiger partial charge < -0.3 is 15.2 Å². The molecule has 5 heteroatoms. The van der Waals surface area contributed by atoms with Gasteiger partial charge >= 0.3 is 5.97 Å². The highest BCUT2D eigenvalue weighted by Crippen LogP contribution is 2.25. The van der Waals surface area contributed by atoms with Crippen LogP contribution in [-0.2, 0) is 4.79 Å². The van der Waals surface area contributed by atoms with Crippen LogP contribution in [0, 0.1) is 0 Å². The van der Waals surface area contributed by atoms with Crippen LogP contribution in [0.5, 0.6) is 5.88 Å². The van der Waals surface area contributed by atoms with Gasteiger partial charge in [0.15, 0.2) is 0 Å². The third kappa shape index (κ3) is 1.40. The molecular weight excluding hydrogens is 172 g/mol. The maximum atomic E-state index is 10.6. The molecular formula is C8H8N2O3. The third-order valence-corrected chi connectivity index (χ3v) is 1.78. The fourth-order valence-corrected chi connectivity index (χ4v) is 1.14. The Bertz CT molecular complexity index is 340. The van der Waals surface area contributed by atoms with Gasteiger partial charge in [-0.1, -0.05) is 0 Å². The molecule has 0 radical (unpaired) electrons. The molecule has 13 heavy (non-hydrogen) atoms. The van der Waals surface area contributed by atoms with Gasteiger partial charge in [0.25, 0.3) is 0 Å². The molecule has 0 fully saturated rings. The van der Waals surface area contributed by atoms with Crippen LogP contribution in [0.2, 0.25) is 0 Å². The minimum Gasteiger partial charge on any atom is -0.478 e. The number of ether oxygens (including phenoxy) is 1. The number of hydrogen-bond acceptors (Lipinski definition) is 4. The molecule has 1 aliphatic rings. The Morgan fingerprint density at radius 3 is 3.38 bits per heavy atom. The summed E-state index contributed by atoms with van der Waals surface area (Å²) in [5, 5.41) is 11.6. The number of carboxylic acids is 1. The Morgan fingerprint density at radius 1 is 1.77 bits per heavy atom. The van der Waals surface area contributed by atoms with E-state index in [-0.39, 0.29) is 6.54 Å². The SMILES string of the molecule is O=C(O)C1CNc2cccnc2O1. The maximum Gasteiger partial charge on any atom is 0.346 e. The van der Waals surface area contributed by atoms with Crippen molar-refractivity contribution in [1.82, 2.24) is 4.98 Å². The number of carbonyl (C=O) groups is 1. The Balaban J connectivity index is 2.24. The van der Waals surface area contributed by atoms with Crippen LogP contribution in [0.1, 0.15) is 0 Å². The van der Waals surface area contributed by atoms with Gasteiger partial charge in [-0.15, -0.1) is 0 Å². The number of nitrogens with one attached hydrogen (secondary N) is 1. The summed E-state index contributed by atoms with van der Waals surface area (Å²) >= 11 is 0. The van der Waals surface area contributed by atoms with Gasteiger partial charge in [-0.3, -0.25) is 0 Å². The quantitative estimate of drug-likeness (QED) is 0.652. The standard InChI is InChI=1S/C8H8N2O3/c11-8(12)6-4-10-5-2-1-3-9-7(5)13-6/h1-3,6,10H,4H2,(H,11,12). The average molecular weight is 180 g/mol. The number of fused-ring (bicyclic) bond motifs is 1. The van der Waals surface area contributed by atoms with Crippen LogP contribution in [0.25, 0.3) is 0 Å². The van der Waals surface area contributed by atoms with E-state index in [1.807, 2.05) is 0 Å². The average Bonchev–Trinajstić information content (AvgIpc) is 2.17. The second kappa shape index (κ2) is 2.93. The van der Waals surface area contributed by atoms with E-state index in [0.717, 1.165) is 5.69 Å². The molecule has 2 N–H and O–H groups in total. The molecule has 1 atom stereocenters. The van der Waals surface area contributed by atoms with E-state index in [2.05, 4.69) is 10.3 Å². The molecule has 0 spiro atoms. The minimum absolute atomic E-state index is 0.272. The topological polar surface area (TPSA) is 71.5 Å². The first-order valence-corrected chi connectivity index (χ1v) is 3.86. The molecule has 5 nitrogen and oxygen atoms in total. The van der Waals surface area contributed by atoms with E-state index < -0.39 is 12.1 Å². The number of hydrogen-bond donors (Lipinski definition) is 2. The van der Waals surface area contributed by atoms with Crippen molar-refractivity contribution in [2.75, 3.05) is 11.9 Å². The van der Waals surface area contributed by atoms with Crippen LogP contribution in [-0.4, -0.2) is 28.7 Å². The van der Waals surface area contributed by atoms with E-state index >= 15 is 0 Å². The predicted molar refractivity (Wildman–Crippen MR) is 44.8 cm³/mol. The Kier molecular flexibility index (Phi) is 1.77. The molecule has 1 aliphatic heterocycles. The largest absolute Gasteiger partial charge is 0.478 e. The van der Waals surface area contributed by atoms with Gasteiger partial charge in [0.05, 0.1) is 12.2 Å². The number of aliphatic carboxylic acids is 1. The first kappa shape index (κ1) is 7.85. The number of anilines is 1. The number of pyridine rings is 1. The highest BCUT2D eigenvalue weighted by molar-refractivity contribution is 5.75. The van der Waals surface area contributed by atoms with Crippen molar-refractivity contribution in [2.24, 2.45) is 0 Å². The van der Waals surface area contributed by atoms with Crippen molar-refractivity contribution in [3.63, 3.8) is 0 Å². The summed E-state index contributed by atoms with van der Waals surface area (Å²) in [5.41, 5.74) is 0.736. The lowest BCUT2D eigenvalue weighted by Gasteiger charge is -2.22. The zero-order valence-electron chi connectivity index (χ0n) is 6.73. The lowest BCUT2D eigenvalue weighted by atomic mass is 10.3. The summed E-state index contributed by atoms with van der Waals surface area (Å²) in [4.78, 5) is 14.5. The van der Waals surface area contributed by atoms with Crippen molar-refractivity contribution in [3.05, 3.63) is 18.3 Å². The summed E-state index contributed by atoms with van der Waals surface area (Å²) in [6.07, 6.45) is 0.715. The highest BCUT2D eigenvalue weighted by Gasteiger charge is 2.25. The lowest BCUT2D eigenvalue weighted by molar-refractivity contribution is -0.144. The molecule has 1 aromatic rings. The first-order valence-electron chi connectivity index (χ1n) is 3.86. The maximum absolute atomic E-state index is 10.6. The van der Waals surface area contributed by atoms with Gasteiger partial charge in [-0.05, 0) is 12.1 Å². The summed E-state index contributed by atoms with van der Waals surface area (Å²) in [6.45, 7) is 0.272. The molecule has 1 aromatic heterocycles. The van der Waals surface area contributed by atoms with Crippen LogP contribution in [0.3, 0.4) is 0 Å². The summed E-state index contributed by atoms with van der Waals surface area (Å²) in [7, 11) is 0. The highest BCUT2D eigenvalue weighted by atomic mass is 16.5. The van der Waals surface area contributed by atoms with Crippen molar-refractivity contribution in [3.8, 4) is 5.88 Å². The van der Waals surface area contributed by atoms with Gasteiger partial charge in [-0.2, -0.15) is 0 Å². The fraction of sp³-hybridized carbons (Fsp3) is 0.250. The molecule has 0 amide bonds. The van der Waals surface area contributed by atoms with Crippen molar-refractivity contribution >= 4 is 11.7 Å². The fourth-order valence-electron chi connectivity index (χ4n) is 1.14. The molecule has 0 saturated heterocycles. The van der Waals surface area contributed by atoms with Crippen LogP contribution in [0.4, 0.5) is 5.69 Å². The number of rotatable bonds is 1. The van der Waals surface area contributed by atoms with Gasteiger partial charge in [0.2, 0.25) is 12.0 Å². The van der Waals surface area contributed by atoms with Gasteiger partial charge in [-0.25, -0.2) is 9.78 Å². The van der Waals surface area contributed by atoms with Crippen molar-refractivity contribution in [2.45, 2.75) is 6.10 Å². The van der Waals surface area contributed by atoms with E-state index in [1.54, 1.807) is 18.3 Å². The lowest BCUT2D eigenvalue weighted by Crippen LogP contribution is -2.37. The van der Waals surface area contributed by atoms with Crippen LogP contribution < -0.4 is 10.1 Å². The van der Waals surface area contributed by atoms with Crippen molar-refractivity contribution in [1.29, 1.82) is 0 Å². The van der Waals surface area contributed by atoms with Crippen LogP contribution >= 0.6 is 0 Å². The molecule has 2 heterocycles. The number of carboxylic acid groups (broad SMARTS) is 1. The predicted octanol–water partition coefficient (Wildman–Crippen LogP) is 0.339. The molecule has 2 rings (SSSR count). The Hall–Kier alpha value is -1.78. The Labute approximate surface area is 74.4 Å². The number of nitrogens with zero attached hydrogens (tertiary/aromatic N) is 1. The van der Waals surface area contributed by atoms with E-state index in [0.29, 0.717) is 5.88 Å². The second-order valence-corrected chi connectivity index (χ2v) is 2.68. The monoisotopic (exact) mass is 180 g/mol. The van der Waals surface area contributed by atoms with Crippen molar-refractivity contribution < 1.29 is 14.6 Å². The summed E-state index contributed by atoms with van der Waals surface area (Å²) in [6, 6.07) is 3.55. The van der Waals surface area contributed by atoms with Gasteiger partial charge in [0, 0.05) is 6.20 Å². The molecule has 0 saturated carbocycles. The smallest absolute Gasteiger partial charge is 0.346 e. The van der Waals surface area contributed by atoms with E-state index in [9.17, 15) is 4.79 Å². The zero-order chi connectivity index (χ0) is 9.26. The molecule has 0 aromatic carbocycles. The van der Waals surface area contributed by atoms with Gasteiger partial charge in [0.1, 0.15) is 0 Å². The van der Waals surface area contributed by atoms with E-state index in [1.165, 1.54) is 0 Å². The molecule has 68 valence electrons. The molecule has 0 bridgehead atoms. The second-order valence-electron chi connectivity index (χ2n) is 2.68. The minimum atomic E-state index is -0.983. The first-order chi connectivity index (χ1) is 6.27. The normalized spacial score (nSPS) is 19.5. The Morgan fingerprint density at radius 2 is 2.62 bits per heavy atom. The molecule has 0 aliphatic carbocycles. The zero-order valence-corrected chi connectivity index (χ0v) is 6.73. The summed E-state index contributed by atoms with van der Waals surface area (Å²) in [5.74, 6) is -0.634. The number of aromatic nitrogens is 1. The third-order valence-electron chi connectivity index (χ3n) is 1.78. The summed E-state index contributed by atoms with van der Waals surface area (Å²) < 4.78 is 5.12. The van der Waals surface area contributed by atoms with Crippen LogP contribution in [0.15, 0.2) is 18.3 Å². The van der Waals surface area contributed by atoms with E-state index in [4.69, 9.17) is 9.84 Å².